The Kier molecular flexibility index (Phi) is 6.02. The second-order valence-corrected chi connectivity index (χ2v) is 5.48. The van der Waals surface area contributed by atoms with Crippen LogP contribution in [0.1, 0.15) is 27.7 Å². The molecule has 0 amide bonds. The highest BCUT2D eigenvalue weighted by Gasteiger charge is 2.14. The fourth-order valence-electron chi connectivity index (χ4n) is 2.01. The second-order valence-electron chi connectivity index (χ2n) is 5.48. The van der Waals surface area contributed by atoms with E-state index in [-0.39, 0.29) is 5.56 Å². The fourth-order valence-corrected chi connectivity index (χ4v) is 2.01. The first-order valence-electron chi connectivity index (χ1n) is 7.00. The van der Waals surface area contributed by atoms with Crippen LogP contribution in [0.2, 0.25) is 0 Å². The van der Waals surface area contributed by atoms with E-state index in [0.29, 0.717) is 24.2 Å². The molecular formula is C14H26N4O. The number of nitrogens with two attached hydrogens (primary N) is 1. The molecule has 1 atom stereocenters. The molecule has 1 aromatic rings. The molecule has 1 unspecified atom stereocenters. The average molecular weight is 266 g/mol. The maximum Gasteiger partial charge on any atom is 0.293 e. The van der Waals surface area contributed by atoms with Crippen LogP contribution in [0.5, 0.6) is 0 Å². The highest BCUT2D eigenvalue weighted by molar-refractivity contribution is 5.35. The quantitative estimate of drug-likeness (QED) is 0.808. The van der Waals surface area contributed by atoms with E-state index in [9.17, 15) is 4.79 Å². The lowest BCUT2D eigenvalue weighted by atomic mass is 10.1. The minimum absolute atomic E-state index is 0.0118. The van der Waals surface area contributed by atoms with Crippen molar-refractivity contribution in [3.8, 4) is 0 Å². The van der Waals surface area contributed by atoms with Crippen molar-refractivity contribution in [3.63, 3.8) is 0 Å². The van der Waals surface area contributed by atoms with Crippen molar-refractivity contribution < 1.29 is 0 Å². The van der Waals surface area contributed by atoms with Crippen LogP contribution >= 0.6 is 0 Å². The standard InChI is InChI=1S/C14H26N4O/c1-5-17(10-12(4)8-15)13-14(19)18(7-6-16-13)9-11(2)3/h6-7,11-12H,5,8-10,15H2,1-4H3. The Morgan fingerprint density at radius 2 is 2.11 bits per heavy atom. The molecular weight excluding hydrogens is 240 g/mol. The van der Waals surface area contributed by atoms with Gasteiger partial charge in [0.15, 0.2) is 5.82 Å². The lowest BCUT2D eigenvalue weighted by Gasteiger charge is -2.24. The largest absolute Gasteiger partial charge is 0.352 e. The minimum atomic E-state index is -0.0118. The number of aromatic nitrogens is 2. The summed E-state index contributed by atoms with van der Waals surface area (Å²) in [5.41, 5.74) is 5.64. The van der Waals surface area contributed by atoms with Gasteiger partial charge in [0, 0.05) is 32.0 Å². The van der Waals surface area contributed by atoms with Crippen molar-refractivity contribution in [2.75, 3.05) is 24.5 Å². The lowest BCUT2D eigenvalue weighted by molar-refractivity contribution is 0.505. The van der Waals surface area contributed by atoms with Gasteiger partial charge in [0.1, 0.15) is 0 Å². The molecule has 0 bridgehead atoms. The van der Waals surface area contributed by atoms with Gasteiger partial charge in [-0.15, -0.1) is 0 Å². The van der Waals surface area contributed by atoms with E-state index < -0.39 is 0 Å². The molecule has 0 aliphatic carbocycles. The van der Waals surface area contributed by atoms with Gasteiger partial charge in [-0.2, -0.15) is 0 Å². The molecule has 0 fully saturated rings. The van der Waals surface area contributed by atoms with Crippen LogP contribution < -0.4 is 16.2 Å². The molecule has 5 heteroatoms. The summed E-state index contributed by atoms with van der Waals surface area (Å²) < 4.78 is 1.74. The topological polar surface area (TPSA) is 64.2 Å². The maximum atomic E-state index is 12.4. The van der Waals surface area contributed by atoms with Crippen molar-refractivity contribution in [2.45, 2.75) is 34.2 Å². The SMILES string of the molecule is CCN(CC(C)CN)c1nccn(CC(C)C)c1=O. The highest BCUT2D eigenvalue weighted by Crippen LogP contribution is 2.07. The summed E-state index contributed by atoms with van der Waals surface area (Å²) in [5, 5.41) is 0. The van der Waals surface area contributed by atoms with Gasteiger partial charge < -0.3 is 15.2 Å². The number of hydrogen-bond donors (Lipinski definition) is 1. The third-order valence-electron chi connectivity index (χ3n) is 3.07. The zero-order chi connectivity index (χ0) is 14.4. The normalized spacial score (nSPS) is 12.7. The molecule has 5 nitrogen and oxygen atoms in total. The number of nitrogens with zero attached hydrogens (tertiary/aromatic N) is 3. The van der Waals surface area contributed by atoms with Crippen LogP contribution in [0.25, 0.3) is 0 Å². The molecule has 0 radical (unpaired) electrons. The van der Waals surface area contributed by atoms with Crippen LogP contribution in [-0.2, 0) is 6.54 Å². The van der Waals surface area contributed by atoms with E-state index in [2.05, 4.69) is 25.8 Å². The van der Waals surface area contributed by atoms with E-state index >= 15 is 0 Å². The monoisotopic (exact) mass is 266 g/mol. The molecule has 0 saturated heterocycles. The molecule has 0 aliphatic rings. The predicted octanol–water partition coefficient (Wildman–Crippen LogP) is 1.32. The van der Waals surface area contributed by atoms with Gasteiger partial charge in [-0.1, -0.05) is 20.8 Å². The maximum absolute atomic E-state index is 12.4. The summed E-state index contributed by atoms with van der Waals surface area (Å²) in [6.07, 6.45) is 3.46. The molecule has 1 rings (SSSR count). The summed E-state index contributed by atoms with van der Waals surface area (Å²) >= 11 is 0. The fraction of sp³-hybridized carbons (Fsp3) is 0.714. The van der Waals surface area contributed by atoms with Crippen molar-refractivity contribution in [1.29, 1.82) is 0 Å². The molecule has 0 aromatic carbocycles. The van der Waals surface area contributed by atoms with Crippen LogP contribution in [0.15, 0.2) is 17.2 Å². The van der Waals surface area contributed by atoms with Crippen LogP contribution in [-0.4, -0.2) is 29.2 Å². The summed E-state index contributed by atoms with van der Waals surface area (Å²) in [6, 6.07) is 0. The van der Waals surface area contributed by atoms with Crippen molar-refractivity contribution >= 4 is 5.82 Å². The van der Waals surface area contributed by atoms with E-state index in [4.69, 9.17) is 5.73 Å². The Bertz CT molecular complexity index is 441. The Labute approximate surface area is 115 Å². The van der Waals surface area contributed by atoms with E-state index in [0.717, 1.165) is 19.6 Å². The average Bonchev–Trinajstić information content (AvgIpc) is 2.38. The highest BCUT2D eigenvalue weighted by atomic mass is 16.1. The molecule has 108 valence electrons. The molecule has 1 heterocycles. The first-order valence-corrected chi connectivity index (χ1v) is 7.00. The summed E-state index contributed by atoms with van der Waals surface area (Å²) in [6.45, 7) is 11.2. The summed E-state index contributed by atoms with van der Waals surface area (Å²) in [5.74, 6) is 1.32. The molecule has 0 spiro atoms. The lowest BCUT2D eigenvalue weighted by Crippen LogP contribution is -2.37. The second kappa shape index (κ2) is 7.28. The Morgan fingerprint density at radius 3 is 2.63 bits per heavy atom. The zero-order valence-electron chi connectivity index (χ0n) is 12.5. The predicted molar refractivity (Wildman–Crippen MR) is 79.4 cm³/mol. The molecule has 0 aliphatic heterocycles. The number of anilines is 1. The zero-order valence-corrected chi connectivity index (χ0v) is 12.5. The number of rotatable bonds is 7. The van der Waals surface area contributed by atoms with E-state index in [1.165, 1.54) is 0 Å². The first-order chi connectivity index (χ1) is 8.99. The van der Waals surface area contributed by atoms with E-state index in [1.54, 1.807) is 17.0 Å². The van der Waals surface area contributed by atoms with Crippen molar-refractivity contribution in [2.24, 2.45) is 17.6 Å². The van der Waals surface area contributed by atoms with Gasteiger partial charge in [-0.3, -0.25) is 4.79 Å². The van der Waals surface area contributed by atoms with Gasteiger partial charge in [-0.05, 0) is 25.3 Å². The third-order valence-corrected chi connectivity index (χ3v) is 3.07. The number of hydrogen-bond acceptors (Lipinski definition) is 4. The summed E-state index contributed by atoms with van der Waals surface area (Å²) in [4.78, 5) is 18.7. The first kappa shape index (κ1) is 15.7. The van der Waals surface area contributed by atoms with Crippen LogP contribution in [0.4, 0.5) is 5.82 Å². The Balaban J connectivity index is 3.01. The van der Waals surface area contributed by atoms with Gasteiger partial charge in [-0.25, -0.2) is 4.98 Å². The van der Waals surface area contributed by atoms with Gasteiger partial charge >= 0.3 is 0 Å². The van der Waals surface area contributed by atoms with E-state index in [1.807, 2.05) is 11.8 Å². The molecule has 1 aromatic heterocycles. The molecule has 19 heavy (non-hydrogen) atoms. The van der Waals surface area contributed by atoms with Gasteiger partial charge in [0.2, 0.25) is 0 Å². The third kappa shape index (κ3) is 4.35. The van der Waals surface area contributed by atoms with Gasteiger partial charge in [0.25, 0.3) is 5.56 Å². The Hall–Kier alpha value is -1.36. The van der Waals surface area contributed by atoms with Crippen molar-refractivity contribution in [3.05, 3.63) is 22.7 Å². The van der Waals surface area contributed by atoms with Crippen LogP contribution in [0, 0.1) is 11.8 Å². The smallest absolute Gasteiger partial charge is 0.293 e. The summed E-state index contributed by atoms with van der Waals surface area (Å²) in [7, 11) is 0. The van der Waals surface area contributed by atoms with Crippen LogP contribution in [0.3, 0.4) is 0 Å². The molecule has 0 saturated carbocycles. The minimum Gasteiger partial charge on any atom is -0.352 e. The molecule has 2 N–H and O–H groups in total. The Morgan fingerprint density at radius 1 is 1.42 bits per heavy atom. The van der Waals surface area contributed by atoms with Gasteiger partial charge in [0.05, 0.1) is 0 Å². The van der Waals surface area contributed by atoms with Crippen molar-refractivity contribution in [1.82, 2.24) is 9.55 Å².